The predicted octanol–water partition coefficient (Wildman–Crippen LogP) is 16.8. The van der Waals surface area contributed by atoms with Gasteiger partial charge in [-0.25, -0.2) is 4.79 Å². The highest BCUT2D eigenvalue weighted by Crippen LogP contribution is 2.12. The first-order chi connectivity index (χ1) is 36.1. The van der Waals surface area contributed by atoms with Crippen LogP contribution in [0.25, 0.3) is 0 Å². The van der Waals surface area contributed by atoms with E-state index in [0.717, 1.165) is 141 Å². The molecule has 0 aromatic heterocycles. The van der Waals surface area contributed by atoms with Gasteiger partial charge in [0.25, 0.3) is 6.29 Å². The van der Waals surface area contributed by atoms with Gasteiger partial charge < -0.3 is 28.5 Å². The second-order valence-corrected chi connectivity index (χ2v) is 19.5. The first-order valence-electron chi connectivity index (χ1n) is 28.5. The fourth-order valence-corrected chi connectivity index (χ4v) is 6.94. The van der Waals surface area contributed by atoms with Crippen molar-refractivity contribution in [1.82, 2.24) is 0 Å². The highest BCUT2D eigenvalue weighted by Gasteiger charge is 2.25. The van der Waals surface area contributed by atoms with Crippen molar-refractivity contribution >= 4 is 17.9 Å². The monoisotopic (exact) mass is 1030 g/mol. The Bertz CT molecular complexity index is 1720. The number of unbranched alkanes of at least 4 members (excludes halogenated alkanes) is 11. The Morgan fingerprint density at radius 3 is 1.15 bits per heavy atom. The molecular weight excluding hydrogens is 923 g/mol. The van der Waals surface area contributed by atoms with Gasteiger partial charge in [-0.05, 0) is 116 Å². The summed E-state index contributed by atoms with van der Waals surface area (Å²) in [5.74, 6) is -2.08. The summed E-state index contributed by atoms with van der Waals surface area (Å²) in [6.07, 6.45) is 76.4. The van der Waals surface area contributed by atoms with Crippen LogP contribution >= 0.6 is 0 Å². The Hall–Kier alpha value is -4.83. The average molecular weight is 1030 g/mol. The Morgan fingerprint density at radius 1 is 0.419 bits per heavy atom. The van der Waals surface area contributed by atoms with E-state index in [0.29, 0.717) is 17.4 Å². The molecule has 74 heavy (non-hydrogen) atoms. The Balaban J connectivity index is 4.32. The summed E-state index contributed by atoms with van der Waals surface area (Å²) in [7, 11) is 5.94. The van der Waals surface area contributed by atoms with Crippen molar-refractivity contribution < 1.29 is 42.9 Å². The molecule has 0 amide bonds. The second kappa shape index (κ2) is 54.4. The highest BCUT2D eigenvalue weighted by atomic mass is 16.7. The zero-order chi connectivity index (χ0) is 54.1. The summed E-state index contributed by atoms with van der Waals surface area (Å²) in [5, 5.41) is 9.68. The van der Waals surface area contributed by atoms with Crippen molar-refractivity contribution in [2.24, 2.45) is 0 Å². The van der Waals surface area contributed by atoms with E-state index in [9.17, 15) is 19.5 Å². The van der Waals surface area contributed by atoms with Gasteiger partial charge in [0.05, 0.1) is 34.4 Å². The molecule has 9 heteroatoms. The molecule has 0 heterocycles. The highest BCUT2D eigenvalue weighted by molar-refractivity contribution is 5.71. The first kappa shape index (κ1) is 69.2. The van der Waals surface area contributed by atoms with Crippen LogP contribution in [0.4, 0.5) is 0 Å². The maximum atomic E-state index is 12.8. The van der Waals surface area contributed by atoms with Crippen LogP contribution in [0, 0.1) is 0 Å². The van der Waals surface area contributed by atoms with Crippen LogP contribution in [0.1, 0.15) is 187 Å². The molecule has 1 N–H and O–H groups in total. The van der Waals surface area contributed by atoms with Crippen LogP contribution in [-0.4, -0.2) is 87.4 Å². The first-order valence-corrected chi connectivity index (χ1v) is 28.5. The molecule has 0 saturated heterocycles. The molecule has 0 saturated carbocycles. The quantitative estimate of drug-likeness (QED) is 0.0211. The minimum Gasteiger partial charge on any atom is -0.477 e. The maximum absolute atomic E-state index is 12.8. The number of hydrogen-bond acceptors (Lipinski definition) is 7. The number of quaternary nitrogens is 1. The number of allylic oxidation sites excluding steroid dienone is 24. The molecular formula is C65H104NO8+. The molecule has 0 fully saturated rings. The summed E-state index contributed by atoms with van der Waals surface area (Å²) in [6.45, 7) is 4.64. The molecule has 0 rings (SSSR count). The van der Waals surface area contributed by atoms with Crippen molar-refractivity contribution in [3.8, 4) is 0 Å². The molecule has 0 radical (unpaired) electrons. The molecule has 0 spiro atoms. The summed E-state index contributed by atoms with van der Waals surface area (Å²) >= 11 is 0. The van der Waals surface area contributed by atoms with Crippen molar-refractivity contribution in [3.63, 3.8) is 0 Å². The van der Waals surface area contributed by atoms with Gasteiger partial charge in [0.1, 0.15) is 13.2 Å². The van der Waals surface area contributed by atoms with Gasteiger partial charge in [-0.1, -0.05) is 205 Å². The van der Waals surface area contributed by atoms with E-state index < -0.39 is 24.3 Å². The summed E-state index contributed by atoms with van der Waals surface area (Å²) in [5.41, 5.74) is 0. The number of rotatable bonds is 50. The van der Waals surface area contributed by atoms with E-state index >= 15 is 0 Å². The smallest absolute Gasteiger partial charge is 0.361 e. The van der Waals surface area contributed by atoms with Crippen LogP contribution < -0.4 is 0 Å². The molecule has 0 bridgehead atoms. The number of esters is 2. The molecule has 0 aromatic rings. The molecule has 0 aliphatic rings. The fourth-order valence-electron chi connectivity index (χ4n) is 6.94. The number of likely N-dealkylation sites (N-methyl/N-ethyl adjacent to an activating group) is 1. The van der Waals surface area contributed by atoms with E-state index in [4.69, 9.17) is 18.9 Å². The Labute approximate surface area is 452 Å². The van der Waals surface area contributed by atoms with Gasteiger partial charge in [0.15, 0.2) is 6.10 Å². The maximum Gasteiger partial charge on any atom is 0.361 e. The number of carbonyl (C=O) groups is 3. The lowest BCUT2D eigenvalue weighted by Gasteiger charge is -2.25. The predicted molar refractivity (Wildman–Crippen MR) is 313 cm³/mol. The number of carboxylic acids is 1. The number of nitrogens with zero attached hydrogens (tertiary/aromatic N) is 1. The Kier molecular flexibility index (Phi) is 50.9. The largest absolute Gasteiger partial charge is 0.477 e. The van der Waals surface area contributed by atoms with Crippen molar-refractivity contribution in [2.75, 3.05) is 47.5 Å². The van der Waals surface area contributed by atoms with Crippen LogP contribution in [0.2, 0.25) is 0 Å². The minimum atomic E-state index is -1.53. The molecule has 2 unspecified atom stereocenters. The van der Waals surface area contributed by atoms with Crippen LogP contribution in [-0.2, 0) is 33.3 Å². The van der Waals surface area contributed by atoms with Crippen LogP contribution in [0.15, 0.2) is 146 Å². The minimum absolute atomic E-state index is 0.171. The van der Waals surface area contributed by atoms with Gasteiger partial charge in [-0.3, -0.25) is 9.59 Å². The Morgan fingerprint density at radius 2 is 0.770 bits per heavy atom. The number of aliphatic carboxylic acids is 1. The van der Waals surface area contributed by atoms with E-state index in [1.54, 1.807) is 0 Å². The van der Waals surface area contributed by atoms with Crippen molar-refractivity contribution in [3.05, 3.63) is 146 Å². The lowest BCUT2D eigenvalue weighted by molar-refractivity contribution is -0.870. The number of ether oxygens (including phenoxy) is 4. The average Bonchev–Trinajstić information content (AvgIpc) is 3.37. The summed E-state index contributed by atoms with van der Waals surface area (Å²) in [6, 6.07) is 0. The summed E-state index contributed by atoms with van der Waals surface area (Å²) < 4.78 is 22.8. The van der Waals surface area contributed by atoms with Gasteiger partial charge >= 0.3 is 17.9 Å². The van der Waals surface area contributed by atoms with Crippen molar-refractivity contribution in [1.29, 1.82) is 0 Å². The van der Waals surface area contributed by atoms with Crippen LogP contribution in [0.3, 0.4) is 0 Å². The van der Waals surface area contributed by atoms with Gasteiger partial charge in [-0.15, -0.1) is 0 Å². The van der Waals surface area contributed by atoms with Crippen LogP contribution in [0.5, 0.6) is 0 Å². The molecule has 0 aliphatic carbocycles. The number of hydrogen-bond donors (Lipinski definition) is 1. The van der Waals surface area contributed by atoms with E-state index in [1.807, 2.05) is 21.1 Å². The third-order valence-electron chi connectivity index (χ3n) is 11.3. The molecule has 0 aliphatic heterocycles. The molecule has 0 aromatic carbocycles. The zero-order valence-electron chi connectivity index (χ0n) is 47.2. The zero-order valence-corrected chi connectivity index (χ0v) is 47.2. The third-order valence-corrected chi connectivity index (χ3v) is 11.3. The molecule has 9 nitrogen and oxygen atoms in total. The number of carboxylic acid groups (broad SMARTS) is 1. The lowest BCUT2D eigenvalue weighted by atomic mass is 10.1. The third kappa shape index (κ3) is 54.9. The fraction of sp³-hybridized carbons (Fsp3) is 0.585. The normalized spacial score (nSPS) is 13.9. The second-order valence-electron chi connectivity index (χ2n) is 19.5. The molecule has 2 atom stereocenters. The van der Waals surface area contributed by atoms with Crippen molar-refractivity contribution in [2.45, 2.75) is 200 Å². The standard InChI is InChI=1S/C65H103NO8/c1-6-8-10-12-14-16-18-20-22-23-24-25-26-27-28-29-30-31-32-33-34-35-36-37-38-39-40-41-42-44-46-48-50-52-54-56-63(68)74-61(60-73-65(64(69)70)71-58-57-66(3,4)5)59-72-62(67)55-53-51-49-47-45-43-21-19-17-15-13-11-9-7-2/h8,10,13-16,19-22,24-25,27-28,30-31,33-34,36-37,39-40,42,44,61,65H,6-7,9,11-12,17-18,23,26,29,32,35,38,41,43,45-60H2,1-5H3/p+1/b10-8-,15-13-,16-14-,21-19-,22-20-,25-24-,28-27-,31-30-,34-33-,37-36-,40-39-,44-42-. The lowest BCUT2D eigenvalue weighted by Crippen LogP contribution is -2.40. The van der Waals surface area contributed by atoms with E-state index in [2.05, 4.69) is 160 Å². The SMILES string of the molecule is CC/C=C\C/C=C\C/C=C\C/C=C\C/C=C\C/C=C\C/C=C\C/C=C\C/C=C\C/C=C\CCCCCCC(=O)OC(COC(=O)CCCCCCC/C=C\C/C=C\CCCC)COC(OCC[N+](C)(C)C)C(=O)O. The van der Waals surface area contributed by atoms with Gasteiger partial charge in [0.2, 0.25) is 0 Å². The number of carbonyl (C=O) groups excluding carboxylic acids is 2. The van der Waals surface area contributed by atoms with Gasteiger partial charge in [0, 0.05) is 12.8 Å². The molecule has 416 valence electrons. The van der Waals surface area contributed by atoms with E-state index in [1.165, 1.54) is 12.8 Å². The van der Waals surface area contributed by atoms with Gasteiger partial charge in [-0.2, -0.15) is 0 Å². The van der Waals surface area contributed by atoms with E-state index in [-0.39, 0.29) is 38.6 Å². The summed E-state index contributed by atoms with van der Waals surface area (Å²) in [4.78, 5) is 37.3. The topological polar surface area (TPSA) is 108 Å².